The van der Waals surface area contributed by atoms with Gasteiger partial charge in [-0.3, -0.25) is 14.2 Å². The van der Waals surface area contributed by atoms with Crippen LogP contribution in [0.15, 0.2) is 52.1 Å². The molecule has 1 unspecified atom stereocenters. The molecule has 8 heteroatoms. The number of carbonyl (C=O) groups is 1. The van der Waals surface area contributed by atoms with Crippen LogP contribution in [0.2, 0.25) is 0 Å². The Bertz CT molecular complexity index is 1260. The van der Waals surface area contributed by atoms with Crippen LogP contribution in [0.4, 0.5) is 0 Å². The highest BCUT2D eigenvalue weighted by Gasteiger charge is 2.29. The first-order valence-corrected chi connectivity index (χ1v) is 12.2. The minimum Gasteiger partial charge on any atom is -0.356 e. The lowest BCUT2D eigenvalue weighted by molar-refractivity contribution is -0.121. The first-order chi connectivity index (χ1) is 15.6. The van der Waals surface area contributed by atoms with Gasteiger partial charge in [0.2, 0.25) is 5.91 Å². The van der Waals surface area contributed by atoms with Crippen molar-refractivity contribution in [2.24, 2.45) is 0 Å². The van der Waals surface area contributed by atoms with Crippen molar-refractivity contribution in [3.8, 4) is 5.69 Å². The molecule has 1 aliphatic heterocycles. The summed E-state index contributed by atoms with van der Waals surface area (Å²) in [5, 5.41) is 8.62. The van der Waals surface area contributed by atoms with Crippen molar-refractivity contribution >= 4 is 28.7 Å². The Labute approximate surface area is 190 Å². The Kier molecular flexibility index (Phi) is 5.87. The number of allylic oxidation sites excluding steroid dienone is 1. The van der Waals surface area contributed by atoms with E-state index in [2.05, 4.69) is 16.5 Å². The number of nitrogens with one attached hydrogen (secondary N) is 1. The summed E-state index contributed by atoms with van der Waals surface area (Å²) in [5.74, 6) is 0.660. The number of fused-ring (bicyclic) bond motifs is 2. The Morgan fingerprint density at radius 3 is 2.97 bits per heavy atom. The van der Waals surface area contributed by atoms with Gasteiger partial charge in [0.1, 0.15) is 5.39 Å². The molecule has 0 radical (unpaired) electrons. The van der Waals surface area contributed by atoms with Gasteiger partial charge in [-0.05, 0) is 50.7 Å². The van der Waals surface area contributed by atoms with E-state index in [1.807, 2.05) is 31.2 Å². The van der Waals surface area contributed by atoms with E-state index in [1.54, 1.807) is 15.4 Å². The van der Waals surface area contributed by atoms with Crippen LogP contribution < -0.4 is 10.9 Å². The average Bonchev–Trinajstić information content (AvgIpc) is 3.40. The largest absolute Gasteiger partial charge is 0.356 e. The zero-order chi connectivity index (χ0) is 22.1. The lowest BCUT2D eigenvalue weighted by Crippen LogP contribution is -2.31. The number of nitrogens with zero attached hydrogens (tertiary/aromatic N) is 4. The van der Waals surface area contributed by atoms with Gasteiger partial charge in [-0.2, -0.15) is 5.10 Å². The van der Waals surface area contributed by atoms with Crippen molar-refractivity contribution in [1.82, 2.24) is 24.6 Å². The standard InChI is InChI=1S/C24H27N5O2S/c1-16-7-5-6-10-20(16)29-22-19(14-26-29)23(31)28-18(15-32-24(28)27-22)13-21(30)25-12-11-17-8-3-2-4-9-17/h5-8,10,14,18H,2-4,9,11-13,15H2,1H3,(H,25,30). The summed E-state index contributed by atoms with van der Waals surface area (Å²) in [6.07, 6.45) is 9.94. The number of aryl methyl sites for hydroxylation is 1. The summed E-state index contributed by atoms with van der Waals surface area (Å²) < 4.78 is 3.41. The molecule has 32 heavy (non-hydrogen) atoms. The normalized spacial score (nSPS) is 17.9. The maximum absolute atomic E-state index is 13.3. The summed E-state index contributed by atoms with van der Waals surface area (Å²) in [6.45, 7) is 2.67. The van der Waals surface area contributed by atoms with Gasteiger partial charge in [0.05, 0.1) is 17.9 Å². The number of hydrogen-bond donors (Lipinski definition) is 1. The molecule has 0 bridgehead atoms. The Morgan fingerprint density at radius 1 is 1.28 bits per heavy atom. The van der Waals surface area contributed by atoms with Crippen molar-refractivity contribution in [3.05, 3.63) is 58.0 Å². The molecule has 7 nitrogen and oxygen atoms in total. The van der Waals surface area contributed by atoms with Crippen LogP contribution in [-0.4, -0.2) is 37.5 Å². The van der Waals surface area contributed by atoms with Gasteiger partial charge in [0.25, 0.3) is 5.56 Å². The molecule has 1 amide bonds. The molecular formula is C24H27N5O2S. The Balaban J connectivity index is 1.33. The quantitative estimate of drug-likeness (QED) is 0.455. The van der Waals surface area contributed by atoms with E-state index in [1.165, 1.54) is 30.2 Å². The van der Waals surface area contributed by atoms with Gasteiger partial charge >= 0.3 is 0 Å². The highest BCUT2D eigenvalue weighted by atomic mass is 32.2. The summed E-state index contributed by atoms with van der Waals surface area (Å²) in [6, 6.07) is 7.72. The summed E-state index contributed by atoms with van der Waals surface area (Å²) in [7, 11) is 0. The topological polar surface area (TPSA) is 81.8 Å². The van der Waals surface area contributed by atoms with Crippen molar-refractivity contribution in [3.63, 3.8) is 0 Å². The van der Waals surface area contributed by atoms with Gasteiger partial charge in [0, 0.05) is 18.7 Å². The van der Waals surface area contributed by atoms with E-state index in [4.69, 9.17) is 4.98 Å². The van der Waals surface area contributed by atoms with E-state index >= 15 is 0 Å². The molecule has 0 spiro atoms. The van der Waals surface area contributed by atoms with Crippen molar-refractivity contribution < 1.29 is 4.79 Å². The number of hydrogen-bond acceptors (Lipinski definition) is 5. The molecule has 1 N–H and O–H groups in total. The molecular weight excluding hydrogens is 422 g/mol. The summed E-state index contributed by atoms with van der Waals surface area (Å²) >= 11 is 1.53. The van der Waals surface area contributed by atoms with Gasteiger partial charge in [-0.1, -0.05) is 41.6 Å². The maximum Gasteiger partial charge on any atom is 0.265 e. The van der Waals surface area contributed by atoms with Gasteiger partial charge in [-0.15, -0.1) is 0 Å². The molecule has 0 saturated carbocycles. The first-order valence-electron chi connectivity index (χ1n) is 11.3. The average molecular weight is 450 g/mol. The third kappa shape index (κ3) is 3.99. The Morgan fingerprint density at radius 2 is 2.16 bits per heavy atom. The van der Waals surface area contributed by atoms with Crippen molar-refractivity contribution in [1.29, 1.82) is 0 Å². The van der Waals surface area contributed by atoms with Crippen LogP contribution >= 0.6 is 11.8 Å². The number of amides is 1. The lowest BCUT2D eigenvalue weighted by atomic mass is 9.97. The third-order valence-electron chi connectivity index (χ3n) is 6.29. The fourth-order valence-corrected chi connectivity index (χ4v) is 5.67. The smallest absolute Gasteiger partial charge is 0.265 e. The number of rotatable bonds is 6. The predicted molar refractivity (Wildman–Crippen MR) is 126 cm³/mol. The maximum atomic E-state index is 13.3. The van der Waals surface area contributed by atoms with Gasteiger partial charge in [0.15, 0.2) is 10.8 Å². The highest BCUT2D eigenvalue weighted by molar-refractivity contribution is 7.99. The number of para-hydroxylation sites is 1. The minimum absolute atomic E-state index is 0.0116. The van der Waals surface area contributed by atoms with Crippen LogP contribution in [0.25, 0.3) is 16.7 Å². The molecule has 3 aromatic rings. The van der Waals surface area contributed by atoms with E-state index < -0.39 is 0 Å². The highest BCUT2D eigenvalue weighted by Crippen LogP contribution is 2.33. The van der Waals surface area contributed by atoms with E-state index in [-0.39, 0.29) is 23.9 Å². The van der Waals surface area contributed by atoms with Gasteiger partial charge < -0.3 is 5.32 Å². The Hall–Kier alpha value is -2.87. The first kappa shape index (κ1) is 21.0. The number of aromatic nitrogens is 4. The van der Waals surface area contributed by atoms with Crippen LogP contribution in [0.3, 0.4) is 0 Å². The fourth-order valence-electron chi connectivity index (χ4n) is 4.54. The molecule has 1 aliphatic carbocycles. The van der Waals surface area contributed by atoms with Crippen LogP contribution in [0.5, 0.6) is 0 Å². The molecule has 1 atom stereocenters. The summed E-state index contributed by atoms with van der Waals surface area (Å²) in [5.41, 5.74) is 3.86. The molecule has 166 valence electrons. The second kappa shape index (κ2) is 8.94. The molecule has 1 aromatic carbocycles. The number of thioether (sulfide) groups is 1. The van der Waals surface area contributed by atoms with E-state index in [0.29, 0.717) is 28.5 Å². The second-order valence-electron chi connectivity index (χ2n) is 8.53. The number of benzene rings is 1. The SMILES string of the molecule is Cc1ccccc1-n1ncc2c(=O)n3c(nc21)SCC3CC(=O)NCCC1=CCCCC1. The molecule has 3 heterocycles. The zero-order valence-electron chi connectivity index (χ0n) is 18.2. The molecule has 0 saturated heterocycles. The second-order valence-corrected chi connectivity index (χ2v) is 9.51. The van der Waals surface area contributed by atoms with Crippen LogP contribution in [0.1, 0.15) is 50.1 Å². The lowest BCUT2D eigenvalue weighted by Gasteiger charge is -2.15. The zero-order valence-corrected chi connectivity index (χ0v) is 19.0. The van der Waals surface area contributed by atoms with Crippen molar-refractivity contribution in [2.75, 3.05) is 12.3 Å². The van der Waals surface area contributed by atoms with Crippen LogP contribution in [0, 0.1) is 6.92 Å². The molecule has 2 aliphatic rings. The molecule has 5 rings (SSSR count). The van der Waals surface area contributed by atoms with Crippen LogP contribution in [-0.2, 0) is 4.79 Å². The van der Waals surface area contributed by atoms with Crippen molar-refractivity contribution in [2.45, 2.75) is 56.6 Å². The monoisotopic (exact) mass is 449 g/mol. The minimum atomic E-state index is -0.185. The van der Waals surface area contributed by atoms with E-state index in [9.17, 15) is 9.59 Å². The number of carbonyl (C=O) groups excluding carboxylic acids is 1. The van der Waals surface area contributed by atoms with E-state index in [0.717, 1.165) is 30.5 Å². The van der Waals surface area contributed by atoms with Gasteiger partial charge in [-0.25, -0.2) is 9.67 Å². The molecule has 0 fully saturated rings. The third-order valence-corrected chi connectivity index (χ3v) is 7.39. The summed E-state index contributed by atoms with van der Waals surface area (Å²) in [4.78, 5) is 30.6. The predicted octanol–water partition coefficient (Wildman–Crippen LogP) is 3.93. The molecule has 2 aromatic heterocycles. The fraction of sp³-hybridized carbons (Fsp3) is 0.417.